The number of aliphatic imine (C=N–C) groups is 1. The van der Waals surface area contributed by atoms with Crippen LogP contribution in [0, 0.1) is 0 Å². The number of anilines is 2. The van der Waals surface area contributed by atoms with Crippen molar-refractivity contribution in [1.82, 2.24) is 15.2 Å². The van der Waals surface area contributed by atoms with Gasteiger partial charge in [0.25, 0.3) is 5.91 Å². The Labute approximate surface area is 205 Å². The maximum absolute atomic E-state index is 13.1. The van der Waals surface area contributed by atoms with Gasteiger partial charge in [-0.1, -0.05) is 53.6 Å². The number of aromatic nitrogens is 3. The summed E-state index contributed by atoms with van der Waals surface area (Å²) in [5, 5.41) is 15.0. The quantitative estimate of drug-likeness (QED) is 0.383. The third-order valence-corrected chi connectivity index (χ3v) is 5.86. The molecule has 0 radical (unpaired) electrons. The van der Waals surface area contributed by atoms with Crippen LogP contribution in [0.15, 0.2) is 94.5 Å². The van der Waals surface area contributed by atoms with Crippen molar-refractivity contribution in [3.8, 4) is 17.2 Å². The van der Waals surface area contributed by atoms with Gasteiger partial charge >= 0.3 is 6.01 Å². The first kappa shape index (κ1) is 21.5. The molecule has 6 rings (SSSR count). The second kappa shape index (κ2) is 8.95. The van der Waals surface area contributed by atoms with Gasteiger partial charge in [0.2, 0.25) is 12.1 Å². The zero-order chi connectivity index (χ0) is 24.5. The average molecular weight is 476 g/mol. The third kappa shape index (κ3) is 3.92. The molecule has 0 saturated heterocycles. The summed E-state index contributed by atoms with van der Waals surface area (Å²) in [4.78, 5) is 22.2. The lowest BCUT2D eigenvalue weighted by atomic mass is 10.0. The van der Waals surface area contributed by atoms with Gasteiger partial charge in [0, 0.05) is 28.3 Å². The van der Waals surface area contributed by atoms with Crippen LogP contribution in [0.2, 0.25) is 0 Å². The number of methoxy groups -OCH3 is 1. The van der Waals surface area contributed by atoms with Gasteiger partial charge in [0.15, 0.2) is 0 Å². The fourth-order valence-corrected chi connectivity index (χ4v) is 4.13. The summed E-state index contributed by atoms with van der Waals surface area (Å²) >= 11 is 0. The lowest BCUT2D eigenvalue weighted by molar-refractivity contribution is -0.116. The lowest BCUT2D eigenvalue weighted by Crippen LogP contribution is -2.32. The molecule has 9 nitrogen and oxygen atoms in total. The van der Waals surface area contributed by atoms with Crippen LogP contribution in [0.1, 0.15) is 11.1 Å². The molecule has 2 N–H and O–H groups in total. The van der Waals surface area contributed by atoms with Gasteiger partial charge in [-0.15, -0.1) is 5.10 Å². The van der Waals surface area contributed by atoms with Crippen molar-refractivity contribution >= 4 is 34.2 Å². The summed E-state index contributed by atoms with van der Waals surface area (Å²) < 4.78 is 11.3. The van der Waals surface area contributed by atoms with Gasteiger partial charge in [-0.2, -0.15) is 0 Å². The maximum atomic E-state index is 13.1. The minimum atomic E-state index is -0.991. The largest absolute Gasteiger partial charge is 0.497 e. The molecule has 0 unspecified atom stereocenters. The Morgan fingerprint density at radius 3 is 2.64 bits per heavy atom. The molecule has 0 saturated carbocycles. The number of benzene rings is 3. The van der Waals surface area contributed by atoms with E-state index in [1.807, 2.05) is 72.8 Å². The molecule has 0 fully saturated rings. The molecule has 3 heterocycles. The van der Waals surface area contributed by atoms with E-state index in [-0.39, 0.29) is 17.8 Å². The number of para-hydroxylation sites is 1. The zero-order valence-corrected chi connectivity index (χ0v) is 19.2. The van der Waals surface area contributed by atoms with Crippen molar-refractivity contribution in [2.75, 3.05) is 17.7 Å². The first-order valence-corrected chi connectivity index (χ1v) is 11.3. The van der Waals surface area contributed by atoms with Crippen molar-refractivity contribution in [2.24, 2.45) is 4.99 Å². The van der Waals surface area contributed by atoms with Crippen LogP contribution >= 0.6 is 0 Å². The summed E-state index contributed by atoms with van der Waals surface area (Å²) in [5.74, 6) is 0.627. The molecule has 0 aliphatic carbocycles. The molecule has 5 aromatic rings. The fraction of sp³-hybridized carbons (Fsp3) is 0.0741. The Kier molecular flexibility index (Phi) is 5.34. The van der Waals surface area contributed by atoms with E-state index in [9.17, 15) is 4.79 Å². The number of rotatable bonds is 5. The molecular formula is C27H20N6O3. The number of hydrogen-bond donors (Lipinski definition) is 2. The van der Waals surface area contributed by atoms with Crippen molar-refractivity contribution in [3.05, 3.63) is 96.2 Å². The van der Waals surface area contributed by atoms with Gasteiger partial charge in [-0.3, -0.25) is 9.78 Å². The highest BCUT2D eigenvalue weighted by Gasteiger charge is 2.27. The van der Waals surface area contributed by atoms with Crippen LogP contribution in [0.3, 0.4) is 0 Å². The first-order valence-electron chi connectivity index (χ1n) is 11.3. The molecule has 1 atom stereocenters. The monoisotopic (exact) mass is 476 g/mol. The molecule has 1 aliphatic rings. The topological polar surface area (TPSA) is 115 Å². The smallest absolute Gasteiger partial charge is 0.317 e. The van der Waals surface area contributed by atoms with Gasteiger partial charge in [-0.05, 0) is 30.3 Å². The van der Waals surface area contributed by atoms with Crippen LogP contribution in [0.4, 0.5) is 11.7 Å². The number of ether oxygens (including phenoxy) is 1. The Balaban J connectivity index is 1.36. The van der Waals surface area contributed by atoms with Gasteiger partial charge in [0.1, 0.15) is 5.75 Å². The van der Waals surface area contributed by atoms with E-state index in [1.165, 1.54) is 0 Å². The fourth-order valence-electron chi connectivity index (χ4n) is 4.13. The molecule has 9 heteroatoms. The number of nitrogens with zero attached hydrogens (tertiary/aromatic N) is 4. The van der Waals surface area contributed by atoms with Crippen LogP contribution in [0.5, 0.6) is 5.75 Å². The SMILES string of the molecule is COc1ccc2nccc(-c3nnc(N[C@H]4N=C(c5ccccc5)c5ccccc5NC4=O)o3)c2c1. The van der Waals surface area contributed by atoms with E-state index in [0.29, 0.717) is 22.7 Å². The summed E-state index contributed by atoms with van der Waals surface area (Å²) in [7, 11) is 1.60. The number of hydrogen-bond acceptors (Lipinski definition) is 8. The Morgan fingerprint density at radius 2 is 1.78 bits per heavy atom. The Morgan fingerprint density at radius 1 is 0.944 bits per heavy atom. The minimum Gasteiger partial charge on any atom is -0.497 e. The van der Waals surface area contributed by atoms with Gasteiger partial charge in [-0.25, -0.2) is 4.99 Å². The average Bonchev–Trinajstić information content (AvgIpc) is 3.34. The predicted octanol–water partition coefficient (Wildman–Crippen LogP) is 4.52. The molecule has 36 heavy (non-hydrogen) atoms. The number of benzodiazepines with no additional fused rings is 1. The molecule has 3 aromatic carbocycles. The molecule has 176 valence electrons. The predicted molar refractivity (Wildman–Crippen MR) is 136 cm³/mol. The van der Waals surface area contributed by atoms with Gasteiger partial charge < -0.3 is 19.8 Å². The Bertz CT molecular complexity index is 1610. The van der Waals surface area contributed by atoms with E-state index < -0.39 is 6.17 Å². The lowest BCUT2D eigenvalue weighted by Gasteiger charge is -2.11. The van der Waals surface area contributed by atoms with Crippen LogP contribution in [0.25, 0.3) is 22.4 Å². The summed E-state index contributed by atoms with van der Waals surface area (Å²) in [6.45, 7) is 0. The number of amides is 1. The van der Waals surface area contributed by atoms with Crippen LogP contribution in [-0.4, -0.2) is 40.1 Å². The number of carbonyl (C=O) groups excluding carboxylic acids is 1. The van der Waals surface area contributed by atoms with E-state index in [4.69, 9.17) is 14.1 Å². The molecular weight excluding hydrogens is 456 g/mol. The van der Waals surface area contributed by atoms with E-state index in [0.717, 1.165) is 22.0 Å². The number of fused-ring (bicyclic) bond motifs is 2. The van der Waals surface area contributed by atoms with Crippen molar-refractivity contribution in [2.45, 2.75) is 6.17 Å². The van der Waals surface area contributed by atoms with Gasteiger partial charge in [0.05, 0.1) is 24.0 Å². The van der Waals surface area contributed by atoms with E-state index in [1.54, 1.807) is 19.4 Å². The molecule has 1 amide bonds. The standard InChI is InChI=1S/C27H20N6O3/c1-35-17-11-12-21-20(15-17)18(13-14-28-21)26-32-33-27(36-26)31-24-25(34)29-22-10-6-5-9-19(22)23(30-24)16-7-3-2-4-8-16/h2-15,24H,1H3,(H,29,34)(H,31,33)/t24-/m1/s1. The van der Waals surface area contributed by atoms with Crippen LogP contribution < -0.4 is 15.4 Å². The zero-order valence-electron chi connectivity index (χ0n) is 19.2. The molecule has 1 aliphatic heterocycles. The van der Waals surface area contributed by atoms with Crippen molar-refractivity contribution in [1.29, 1.82) is 0 Å². The second-order valence-electron chi connectivity index (χ2n) is 8.08. The highest BCUT2D eigenvalue weighted by Crippen LogP contribution is 2.30. The summed E-state index contributed by atoms with van der Waals surface area (Å²) in [5.41, 5.74) is 4.53. The minimum absolute atomic E-state index is 0.0696. The van der Waals surface area contributed by atoms with E-state index in [2.05, 4.69) is 25.8 Å². The van der Waals surface area contributed by atoms with Crippen LogP contribution in [-0.2, 0) is 4.79 Å². The third-order valence-electron chi connectivity index (χ3n) is 5.86. The highest BCUT2D eigenvalue weighted by atomic mass is 16.5. The molecule has 2 aromatic heterocycles. The maximum Gasteiger partial charge on any atom is 0.317 e. The number of nitrogens with one attached hydrogen (secondary N) is 2. The molecule has 0 spiro atoms. The van der Waals surface area contributed by atoms with Crippen molar-refractivity contribution < 1.29 is 13.9 Å². The first-order chi connectivity index (χ1) is 17.7. The summed E-state index contributed by atoms with van der Waals surface area (Å²) in [6, 6.07) is 24.7. The van der Waals surface area contributed by atoms with Crippen molar-refractivity contribution in [3.63, 3.8) is 0 Å². The second-order valence-corrected chi connectivity index (χ2v) is 8.08. The summed E-state index contributed by atoms with van der Waals surface area (Å²) in [6.07, 6.45) is 0.684. The normalized spacial score (nSPS) is 15.0. The molecule has 0 bridgehead atoms. The number of carbonyl (C=O) groups is 1. The highest BCUT2D eigenvalue weighted by molar-refractivity contribution is 6.19. The number of pyridine rings is 1. The Hall–Kier alpha value is -5.05. The van der Waals surface area contributed by atoms with E-state index >= 15 is 0 Å².